The van der Waals surface area contributed by atoms with Gasteiger partial charge in [0.15, 0.2) is 0 Å². The number of nitrogens with two attached hydrogens (primary N) is 1. The van der Waals surface area contributed by atoms with Gasteiger partial charge in [-0.15, -0.1) is 0 Å². The van der Waals surface area contributed by atoms with E-state index in [0.29, 0.717) is 12.4 Å². The molecule has 1 amide bonds. The van der Waals surface area contributed by atoms with Gasteiger partial charge in [-0.25, -0.2) is 4.98 Å². The van der Waals surface area contributed by atoms with Crippen molar-refractivity contribution in [2.75, 3.05) is 12.3 Å². The number of nitrogens with zero attached hydrogens (tertiary/aromatic N) is 2. The molecule has 0 fully saturated rings. The van der Waals surface area contributed by atoms with E-state index in [-0.39, 0.29) is 17.4 Å². The molecule has 1 aromatic heterocycles. The normalized spacial score (nSPS) is 12.4. The van der Waals surface area contributed by atoms with E-state index in [9.17, 15) is 4.79 Å². The van der Waals surface area contributed by atoms with Gasteiger partial charge in [0.05, 0.1) is 5.41 Å². The van der Waals surface area contributed by atoms with Crippen molar-refractivity contribution < 1.29 is 4.79 Å². The number of pyridine rings is 1. The minimum absolute atomic E-state index is 0.0399. The molecule has 0 saturated heterocycles. The van der Waals surface area contributed by atoms with Crippen molar-refractivity contribution >= 4 is 17.3 Å². The SMILES string of the molecule is C=C(C)c1cc(C(C)(C)C(=O)N(CC(C)(C)C)C(C)C)cnc1N. The van der Waals surface area contributed by atoms with E-state index < -0.39 is 5.41 Å². The molecule has 24 heavy (non-hydrogen) atoms. The highest BCUT2D eigenvalue weighted by atomic mass is 16.2. The van der Waals surface area contributed by atoms with Gasteiger partial charge in [0.1, 0.15) is 5.82 Å². The van der Waals surface area contributed by atoms with Crippen molar-refractivity contribution in [2.24, 2.45) is 5.41 Å². The predicted octanol–water partition coefficient (Wildman–Crippen LogP) is 4.26. The summed E-state index contributed by atoms with van der Waals surface area (Å²) in [7, 11) is 0. The minimum atomic E-state index is -0.680. The van der Waals surface area contributed by atoms with Crippen molar-refractivity contribution in [2.45, 2.75) is 66.8 Å². The van der Waals surface area contributed by atoms with E-state index in [1.165, 1.54) is 0 Å². The van der Waals surface area contributed by atoms with Gasteiger partial charge in [-0.2, -0.15) is 0 Å². The molecular formula is C20H33N3O. The Bertz CT molecular complexity index is 624. The highest BCUT2D eigenvalue weighted by Crippen LogP contribution is 2.31. The van der Waals surface area contributed by atoms with Crippen molar-refractivity contribution in [1.29, 1.82) is 0 Å². The van der Waals surface area contributed by atoms with Gasteiger partial charge in [0.25, 0.3) is 0 Å². The summed E-state index contributed by atoms with van der Waals surface area (Å²) in [6.07, 6.45) is 1.70. The number of rotatable bonds is 5. The van der Waals surface area contributed by atoms with Crippen molar-refractivity contribution in [3.05, 3.63) is 30.0 Å². The first kappa shape index (κ1) is 20.2. The number of carbonyl (C=O) groups excluding carboxylic acids is 1. The summed E-state index contributed by atoms with van der Waals surface area (Å²) >= 11 is 0. The summed E-state index contributed by atoms with van der Waals surface area (Å²) in [4.78, 5) is 19.5. The second-order valence-corrected chi connectivity index (χ2v) is 8.65. The molecule has 1 aromatic rings. The topological polar surface area (TPSA) is 59.2 Å². The van der Waals surface area contributed by atoms with Crippen molar-refractivity contribution in [3.63, 3.8) is 0 Å². The quantitative estimate of drug-likeness (QED) is 0.877. The van der Waals surface area contributed by atoms with Gasteiger partial charge in [-0.05, 0) is 57.2 Å². The molecule has 1 heterocycles. The molecule has 4 heteroatoms. The summed E-state index contributed by atoms with van der Waals surface area (Å²) in [5, 5.41) is 0. The fraction of sp³-hybridized carbons (Fsp3) is 0.600. The maximum Gasteiger partial charge on any atom is 0.232 e. The number of hydrogen-bond donors (Lipinski definition) is 1. The van der Waals surface area contributed by atoms with E-state index in [1.54, 1.807) is 6.20 Å². The summed E-state index contributed by atoms with van der Waals surface area (Å²) < 4.78 is 0. The van der Waals surface area contributed by atoms with Crippen LogP contribution in [0.1, 0.15) is 66.5 Å². The van der Waals surface area contributed by atoms with Crippen LogP contribution in [0.25, 0.3) is 5.57 Å². The zero-order chi connectivity index (χ0) is 18.9. The lowest BCUT2D eigenvalue weighted by molar-refractivity contribution is -0.139. The lowest BCUT2D eigenvalue weighted by Crippen LogP contribution is -2.49. The molecule has 0 radical (unpaired) electrons. The van der Waals surface area contributed by atoms with Crippen molar-refractivity contribution in [1.82, 2.24) is 9.88 Å². The van der Waals surface area contributed by atoms with Crippen LogP contribution in [0.3, 0.4) is 0 Å². The molecule has 0 atom stereocenters. The van der Waals surface area contributed by atoms with E-state index in [1.807, 2.05) is 31.7 Å². The first-order chi connectivity index (χ1) is 10.8. The first-order valence-corrected chi connectivity index (χ1v) is 8.50. The summed E-state index contributed by atoms with van der Waals surface area (Å²) in [5.41, 5.74) is 7.81. The van der Waals surface area contributed by atoms with Gasteiger partial charge in [-0.1, -0.05) is 27.4 Å². The molecule has 0 saturated carbocycles. The maximum atomic E-state index is 13.3. The summed E-state index contributed by atoms with van der Waals surface area (Å²) in [5.74, 6) is 0.552. The Balaban J connectivity index is 3.28. The number of nitrogen functional groups attached to an aromatic ring is 1. The monoisotopic (exact) mass is 331 g/mol. The largest absolute Gasteiger partial charge is 0.383 e. The van der Waals surface area contributed by atoms with E-state index in [4.69, 9.17) is 5.73 Å². The van der Waals surface area contributed by atoms with Crippen LogP contribution in [0.4, 0.5) is 5.82 Å². The Morgan fingerprint density at radius 3 is 2.25 bits per heavy atom. The molecule has 0 unspecified atom stereocenters. The van der Waals surface area contributed by atoms with E-state index in [2.05, 4.69) is 46.2 Å². The van der Waals surface area contributed by atoms with Crippen LogP contribution in [0.2, 0.25) is 0 Å². The van der Waals surface area contributed by atoms with Crippen LogP contribution < -0.4 is 5.73 Å². The second-order valence-electron chi connectivity index (χ2n) is 8.65. The molecule has 4 nitrogen and oxygen atoms in total. The molecule has 0 aliphatic heterocycles. The smallest absolute Gasteiger partial charge is 0.232 e. The fourth-order valence-electron chi connectivity index (χ4n) is 2.64. The number of carbonyl (C=O) groups is 1. The molecule has 0 aromatic carbocycles. The lowest BCUT2D eigenvalue weighted by atomic mass is 9.82. The van der Waals surface area contributed by atoms with Crippen LogP contribution in [-0.2, 0) is 10.2 Å². The fourth-order valence-corrected chi connectivity index (χ4v) is 2.64. The number of allylic oxidation sites excluding steroid dienone is 1. The van der Waals surface area contributed by atoms with Gasteiger partial charge >= 0.3 is 0 Å². The molecule has 2 N–H and O–H groups in total. The van der Waals surface area contributed by atoms with Crippen LogP contribution in [0, 0.1) is 5.41 Å². The molecule has 1 rings (SSSR count). The third-order valence-electron chi connectivity index (χ3n) is 4.16. The second kappa shape index (κ2) is 6.96. The first-order valence-electron chi connectivity index (χ1n) is 8.50. The predicted molar refractivity (Wildman–Crippen MR) is 103 cm³/mol. The minimum Gasteiger partial charge on any atom is -0.383 e. The van der Waals surface area contributed by atoms with Gasteiger partial charge in [0.2, 0.25) is 5.91 Å². The van der Waals surface area contributed by atoms with Crippen molar-refractivity contribution in [3.8, 4) is 0 Å². The average molecular weight is 332 g/mol. The molecule has 0 spiro atoms. The standard InChI is InChI=1S/C20H33N3O/c1-13(2)16-10-15(11-22-17(16)21)20(8,9)18(24)23(14(3)4)12-19(5,6)7/h10-11,14H,1,12H2,2-9H3,(H2,21,22). The Morgan fingerprint density at radius 2 is 1.83 bits per heavy atom. The third-order valence-corrected chi connectivity index (χ3v) is 4.16. The molecule has 0 aliphatic carbocycles. The third kappa shape index (κ3) is 4.59. The Morgan fingerprint density at radius 1 is 1.29 bits per heavy atom. The number of anilines is 1. The number of hydrogen-bond acceptors (Lipinski definition) is 3. The highest BCUT2D eigenvalue weighted by Gasteiger charge is 2.37. The zero-order valence-electron chi connectivity index (χ0n) is 16.5. The molecule has 0 aliphatic rings. The zero-order valence-corrected chi connectivity index (χ0v) is 16.5. The van der Waals surface area contributed by atoms with Gasteiger partial charge < -0.3 is 10.6 Å². The molecule has 0 bridgehead atoms. The lowest BCUT2D eigenvalue weighted by Gasteiger charge is -2.38. The Hall–Kier alpha value is -1.84. The summed E-state index contributed by atoms with van der Waals surface area (Å²) in [6.45, 7) is 21.0. The highest BCUT2D eigenvalue weighted by molar-refractivity contribution is 5.88. The molecular weight excluding hydrogens is 298 g/mol. The Labute approximate surface area is 147 Å². The van der Waals surface area contributed by atoms with Crippen LogP contribution in [0.15, 0.2) is 18.8 Å². The van der Waals surface area contributed by atoms with E-state index >= 15 is 0 Å². The Kier molecular flexibility index (Phi) is 5.86. The van der Waals surface area contributed by atoms with Gasteiger partial charge in [0, 0.05) is 24.3 Å². The van der Waals surface area contributed by atoms with E-state index in [0.717, 1.165) is 16.7 Å². The summed E-state index contributed by atoms with van der Waals surface area (Å²) in [6, 6.07) is 2.08. The molecule has 134 valence electrons. The number of aromatic nitrogens is 1. The van der Waals surface area contributed by atoms with Gasteiger partial charge in [-0.3, -0.25) is 4.79 Å². The van der Waals surface area contributed by atoms with Crippen LogP contribution >= 0.6 is 0 Å². The van der Waals surface area contributed by atoms with Crippen LogP contribution in [-0.4, -0.2) is 28.4 Å². The van der Waals surface area contributed by atoms with Crippen LogP contribution in [0.5, 0.6) is 0 Å². The average Bonchev–Trinajstić information content (AvgIpc) is 2.42. The number of amides is 1. The maximum absolute atomic E-state index is 13.3.